The van der Waals surface area contributed by atoms with Crippen molar-refractivity contribution in [2.75, 3.05) is 0 Å². The first-order chi connectivity index (χ1) is 13.5. The average molecular weight is 474 g/mol. The van der Waals surface area contributed by atoms with Gasteiger partial charge in [0, 0.05) is 25.7 Å². The first-order valence-electron chi connectivity index (χ1n) is 8.59. The van der Waals surface area contributed by atoms with Gasteiger partial charge in [-0.3, -0.25) is 4.79 Å². The Morgan fingerprint density at radius 1 is 1.04 bits per heavy atom. The number of hydrogen-bond donors (Lipinski definition) is 1. The Morgan fingerprint density at radius 3 is 2.43 bits per heavy atom. The number of halogens is 2. The summed E-state index contributed by atoms with van der Waals surface area (Å²) in [5.41, 5.74) is 6.02. The van der Waals surface area contributed by atoms with E-state index in [4.69, 9.17) is 11.6 Å². The van der Waals surface area contributed by atoms with E-state index in [-0.39, 0.29) is 5.91 Å². The van der Waals surface area contributed by atoms with Crippen LogP contribution < -0.4 is 5.43 Å². The molecule has 0 bridgehead atoms. The van der Waals surface area contributed by atoms with E-state index in [9.17, 15) is 4.79 Å². The van der Waals surface area contributed by atoms with Crippen LogP contribution in [0, 0.1) is 0 Å². The van der Waals surface area contributed by atoms with Gasteiger partial charge < -0.3 is 0 Å². The molecular weight excluding hydrogens is 456 g/mol. The molecule has 0 aliphatic rings. The minimum atomic E-state index is -0.230. The number of benzene rings is 3. The van der Waals surface area contributed by atoms with Gasteiger partial charge in [-0.15, -0.1) is 11.8 Å². The Labute approximate surface area is 182 Å². The third-order valence-electron chi connectivity index (χ3n) is 4.00. The van der Waals surface area contributed by atoms with E-state index >= 15 is 0 Å². The molecule has 1 amide bonds. The minimum Gasteiger partial charge on any atom is -0.267 e. The van der Waals surface area contributed by atoms with Gasteiger partial charge in [-0.1, -0.05) is 51.8 Å². The first-order valence-corrected chi connectivity index (χ1v) is 10.7. The summed E-state index contributed by atoms with van der Waals surface area (Å²) in [5.74, 6) is 0.593. The average Bonchev–Trinajstić information content (AvgIpc) is 2.71. The zero-order valence-corrected chi connectivity index (χ0v) is 18.3. The molecule has 0 fully saturated rings. The lowest BCUT2D eigenvalue weighted by molar-refractivity contribution is 0.0955. The van der Waals surface area contributed by atoms with Crippen LogP contribution in [0.4, 0.5) is 0 Å². The highest BCUT2D eigenvalue weighted by atomic mass is 79.9. The summed E-state index contributed by atoms with van der Waals surface area (Å²) in [5, 5.41) is 4.93. The molecule has 3 aromatic rings. The van der Waals surface area contributed by atoms with Crippen LogP contribution in [-0.2, 0) is 5.75 Å². The monoisotopic (exact) mass is 472 g/mol. The van der Waals surface area contributed by atoms with Crippen LogP contribution in [0.2, 0.25) is 5.02 Å². The van der Waals surface area contributed by atoms with Crippen molar-refractivity contribution >= 4 is 50.9 Å². The molecule has 3 aromatic carbocycles. The van der Waals surface area contributed by atoms with Crippen molar-refractivity contribution in [1.29, 1.82) is 0 Å². The van der Waals surface area contributed by atoms with Gasteiger partial charge in [-0.25, -0.2) is 5.43 Å². The van der Waals surface area contributed by atoms with Gasteiger partial charge >= 0.3 is 0 Å². The van der Waals surface area contributed by atoms with Crippen LogP contribution in [-0.4, -0.2) is 11.6 Å². The number of nitrogens with one attached hydrogen (secondary N) is 1. The molecule has 1 N–H and O–H groups in total. The van der Waals surface area contributed by atoms with Gasteiger partial charge in [0.1, 0.15) is 0 Å². The highest BCUT2D eigenvalue weighted by molar-refractivity contribution is 9.10. The molecule has 6 heteroatoms. The minimum absolute atomic E-state index is 0.230. The van der Waals surface area contributed by atoms with Gasteiger partial charge in [-0.05, 0) is 66.6 Å². The second kappa shape index (κ2) is 9.92. The van der Waals surface area contributed by atoms with Gasteiger partial charge in [0.05, 0.1) is 5.71 Å². The number of rotatable bonds is 6. The molecule has 3 nitrogen and oxygen atoms in total. The fraction of sp³-hybridized carbons (Fsp3) is 0.0909. The van der Waals surface area contributed by atoms with Crippen molar-refractivity contribution in [3.8, 4) is 0 Å². The topological polar surface area (TPSA) is 41.5 Å². The van der Waals surface area contributed by atoms with Gasteiger partial charge in [0.15, 0.2) is 0 Å². The highest BCUT2D eigenvalue weighted by Gasteiger charge is 2.06. The number of amides is 1. The number of hydrazone groups is 1. The largest absolute Gasteiger partial charge is 0.271 e. The molecule has 0 saturated carbocycles. The number of hydrogen-bond acceptors (Lipinski definition) is 3. The van der Waals surface area contributed by atoms with E-state index in [2.05, 4.69) is 26.5 Å². The fourth-order valence-electron chi connectivity index (χ4n) is 2.43. The Morgan fingerprint density at radius 2 is 1.75 bits per heavy atom. The molecule has 0 aromatic heterocycles. The predicted molar refractivity (Wildman–Crippen MR) is 121 cm³/mol. The quantitative estimate of drug-likeness (QED) is 0.250. The smallest absolute Gasteiger partial charge is 0.267 e. The Kier molecular flexibility index (Phi) is 7.31. The molecule has 0 heterocycles. The number of thioether (sulfide) groups is 1. The second-order valence-electron chi connectivity index (χ2n) is 6.09. The van der Waals surface area contributed by atoms with Gasteiger partial charge in [0.25, 0.3) is 5.91 Å². The molecule has 3 rings (SSSR count). The Hall–Kier alpha value is -2.08. The van der Waals surface area contributed by atoms with Crippen LogP contribution >= 0.6 is 39.3 Å². The van der Waals surface area contributed by atoms with Crippen LogP contribution in [0.3, 0.4) is 0 Å². The summed E-state index contributed by atoms with van der Waals surface area (Å²) < 4.78 is 0.970. The maximum atomic E-state index is 12.3. The molecule has 0 spiro atoms. The summed E-state index contributed by atoms with van der Waals surface area (Å²) in [6, 6.07) is 23.1. The third-order valence-corrected chi connectivity index (χ3v) is 5.83. The van der Waals surface area contributed by atoms with Crippen LogP contribution in [0.5, 0.6) is 0 Å². The normalized spacial score (nSPS) is 11.3. The van der Waals surface area contributed by atoms with Crippen LogP contribution in [0.25, 0.3) is 0 Å². The van der Waals surface area contributed by atoms with Crippen molar-refractivity contribution < 1.29 is 4.79 Å². The van der Waals surface area contributed by atoms with Gasteiger partial charge in [-0.2, -0.15) is 5.10 Å². The lowest BCUT2D eigenvalue weighted by Gasteiger charge is -2.05. The van der Waals surface area contributed by atoms with Gasteiger partial charge in [0.2, 0.25) is 0 Å². The summed E-state index contributed by atoms with van der Waals surface area (Å²) in [6.45, 7) is 1.86. The molecule has 28 heavy (non-hydrogen) atoms. The van der Waals surface area contributed by atoms with Crippen molar-refractivity contribution in [2.24, 2.45) is 5.10 Å². The first kappa shape index (κ1) is 20.6. The second-order valence-corrected chi connectivity index (χ2v) is 8.49. The Balaban J connectivity index is 1.57. The zero-order valence-electron chi connectivity index (χ0n) is 15.2. The summed E-state index contributed by atoms with van der Waals surface area (Å²) in [6.07, 6.45) is 0. The van der Waals surface area contributed by atoms with Crippen LogP contribution in [0.15, 0.2) is 87.3 Å². The van der Waals surface area contributed by atoms with Crippen molar-refractivity contribution in [2.45, 2.75) is 17.6 Å². The highest BCUT2D eigenvalue weighted by Crippen LogP contribution is 2.24. The lowest BCUT2D eigenvalue weighted by Crippen LogP contribution is -2.19. The van der Waals surface area contributed by atoms with Crippen molar-refractivity contribution in [1.82, 2.24) is 5.43 Å². The lowest BCUT2D eigenvalue weighted by atomic mass is 10.1. The SMILES string of the molecule is CC(=NNC(=O)c1ccc(CSc2ccc(Cl)cc2)cc1)c1cccc(Br)c1. The third kappa shape index (κ3) is 5.96. The maximum absolute atomic E-state index is 12.3. The van der Waals surface area contributed by atoms with E-state index in [0.29, 0.717) is 5.56 Å². The zero-order chi connectivity index (χ0) is 19.9. The van der Waals surface area contributed by atoms with E-state index in [1.54, 1.807) is 11.8 Å². The maximum Gasteiger partial charge on any atom is 0.271 e. The van der Waals surface area contributed by atoms with E-state index < -0.39 is 0 Å². The van der Waals surface area contributed by atoms with Crippen molar-refractivity contribution in [3.63, 3.8) is 0 Å². The molecule has 142 valence electrons. The fourth-order valence-corrected chi connectivity index (χ4v) is 3.81. The molecule has 0 unspecified atom stereocenters. The summed E-state index contributed by atoms with van der Waals surface area (Å²) >= 11 is 11.1. The number of carbonyl (C=O) groups excluding carboxylic acids is 1. The number of carbonyl (C=O) groups is 1. The molecular formula is C22H18BrClN2OS. The number of nitrogens with zero attached hydrogens (tertiary/aromatic N) is 1. The molecule has 0 saturated heterocycles. The van der Waals surface area contributed by atoms with Crippen LogP contribution in [0.1, 0.15) is 28.4 Å². The standard InChI is InChI=1S/C22H18BrClN2OS/c1-15(18-3-2-4-19(23)13-18)25-26-22(27)17-7-5-16(6-8-17)14-28-21-11-9-20(24)10-12-21/h2-13H,14H2,1H3,(H,26,27). The molecule has 0 atom stereocenters. The van der Waals surface area contributed by atoms with E-state index in [1.807, 2.05) is 79.7 Å². The molecule has 0 aliphatic carbocycles. The van der Waals surface area contributed by atoms with E-state index in [1.165, 1.54) is 0 Å². The Bertz CT molecular complexity index is 988. The van der Waals surface area contributed by atoms with E-state index in [0.717, 1.165) is 37.0 Å². The molecule has 0 radical (unpaired) electrons. The summed E-state index contributed by atoms with van der Waals surface area (Å²) in [7, 11) is 0. The molecule has 0 aliphatic heterocycles. The predicted octanol–water partition coefficient (Wildman–Crippen LogP) is 6.55. The van der Waals surface area contributed by atoms with Crippen molar-refractivity contribution in [3.05, 3.63) is 99.0 Å². The summed E-state index contributed by atoms with van der Waals surface area (Å²) in [4.78, 5) is 13.5.